The van der Waals surface area contributed by atoms with E-state index in [1.165, 1.54) is 11.0 Å². The monoisotopic (exact) mass is 514 g/mol. The zero-order chi connectivity index (χ0) is 26.2. The van der Waals surface area contributed by atoms with Crippen LogP contribution in [0.1, 0.15) is 53.6 Å². The fourth-order valence-electron chi connectivity index (χ4n) is 5.40. The number of fused-ring (bicyclic) bond motifs is 1. The molecular formula is C30H28F2N4O2. The van der Waals surface area contributed by atoms with E-state index in [2.05, 4.69) is 15.5 Å². The van der Waals surface area contributed by atoms with Crippen molar-refractivity contribution in [3.63, 3.8) is 0 Å². The molecule has 0 radical (unpaired) electrons. The predicted octanol–water partition coefficient (Wildman–Crippen LogP) is 4.97. The lowest BCUT2D eigenvalue weighted by Crippen LogP contribution is -2.47. The van der Waals surface area contributed by atoms with Gasteiger partial charge >= 0.3 is 0 Å². The highest BCUT2D eigenvalue weighted by atomic mass is 19.1. The normalized spacial score (nSPS) is 20.0. The van der Waals surface area contributed by atoms with Crippen molar-refractivity contribution in [2.45, 2.75) is 49.9 Å². The summed E-state index contributed by atoms with van der Waals surface area (Å²) in [6, 6.07) is 20.2. The molecule has 6 nitrogen and oxygen atoms in total. The number of aromatic nitrogens is 2. The number of rotatable bonds is 7. The third kappa shape index (κ3) is 4.78. The molecule has 2 aliphatic rings. The zero-order valence-corrected chi connectivity index (χ0v) is 20.7. The molecule has 3 aromatic carbocycles. The topological polar surface area (TPSA) is 78.1 Å². The second-order valence-electron chi connectivity index (χ2n) is 10.2. The minimum Gasteiger partial charge on any atom is -0.343 e. The number of halogens is 2. The van der Waals surface area contributed by atoms with Gasteiger partial charge in [0.1, 0.15) is 18.0 Å². The zero-order valence-electron chi connectivity index (χ0n) is 20.7. The molecule has 38 heavy (non-hydrogen) atoms. The summed E-state index contributed by atoms with van der Waals surface area (Å²) in [5.74, 6) is -0.850. The molecule has 1 aromatic heterocycles. The van der Waals surface area contributed by atoms with Crippen molar-refractivity contribution in [1.29, 1.82) is 0 Å². The van der Waals surface area contributed by atoms with E-state index in [0.717, 1.165) is 29.3 Å². The van der Waals surface area contributed by atoms with Crippen LogP contribution in [0.3, 0.4) is 0 Å². The van der Waals surface area contributed by atoms with Crippen molar-refractivity contribution in [1.82, 2.24) is 20.4 Å². The summed E-state index contributed by atoms with van der Waals surface area (Å²) >= 11 is 0. The third-order valence-corrected chi connectivity index (χ3v) is 7.54. The Hall–Kier alpha value is -4.07. The van der Waals surface area contributed by atoms with Crippen LogP contribution in [0, 0.1) is 5.82 Å². The highest BCUT2D eigenvalue weighted by Gasteiger charge is 2.40. The maximum atomic E-state index is 14.9. The molecule has 0 bridgehead atoms. The molecule has 0 spiro atoms. The van der Waals surface area contributed by atoms with Crippen LogP contribution in [-0.4, -0.2) is 45.7 Å². The van der Waals surface area contributed by atoms with Crippen molar-refractivity contribution in [2.75, 3.05) is 6.54 Å². The van der Waals surface area contributed by atoms with E-state index in [-0.39, 0.29) is 37.0 Å². The van der Waals surface area contributed by atoms with Crippen LogP contribution < -0.4 is 5.32 Å². The lowest BCUT2D eigenvalue weighted by molar-refractivity contribution is -0.138. The molecule has 4 aromatic rings. The Balaban J connectivity index is 1.24. The Bertz CT molecular complexity index is 1480. The highest BCUT2D eigenvalue weighted by molar-refractivity contribution is 5.92. The largest absolute Gasteiger partial charge is 0.343 e. The van der Waals surface area contributed by atoms with Crippen molar-refractivity contribution in [2.24, 2.45) is 0 Å². The maximum Gasteiger partial charge on any atom is 0.243 e. The molecule has 3 unspecified atom stereocenters. The van der Waals surface area contributed by atoms with Gasteiger partial charge in [-0.25, -0.2) is 8.78 Å². The Kier molecular flexibility index (Phi) is 6.39. The molecule has 6 rings (SSSR count). The fourth-order valence-corrected chi connectivity index (χ4v) is 5.40. The summed E-state index contributed by atoms with van der Waals surface area (Å²) < 4.78 is 29.5. The Morgan fingerprint density at radius 2 is 1.79 bits per heavy atom. The number of hydrogen-bond donors (Lipinski definition) is 2. The number of H-pyrrole nitrogens is 1. The quantitative estimate of drug-likeness (QED) is 0.366. The van der Waals surface area contributed by atoms with Gasteiger partial charge in [-0.15, -0.1) is 0 Å². The highest BCUT2D eigenvalue weighted by Crippen LogP contribution is 2.42. The van der Waals surface area contributed by atoms with Gasteiger partial charge in [0.25, 0.3) is 0 Å². The lowest BCUT2D eigenvalue weighted by Gasteiger charge is -2.27. The molecule has 3 atom stereocenters. The molecule has 194 valence electrons. The second-order valence-corrected chi connectivity index (χ2v) is 10.2. The first kappa shape index (κ1) is 24.3. The van der Waals surface area contributed by atoms with Crippen LogP contribution in [0.2, 0.25) is 0 Å². The van der Waals surface area contributed by atoms with Crippen LogP contribution in [0.5, 0.6) is 0 Å². The van der Waals surface area contributed by atoms with Crippen LogP contribution in [0.25, 0.3) is 10.9 Å². The number of alkyl halides is 1. The van der Waals surface area contributed by atoms with E-state index in [9.17, 15) is 18.4 Å². The number of para-hydroxylation sites is 1. The molecule has 1 saturated carbocycles. The van der Waals surface area contributed by atoms with Crippen LogP contribution in [0.4, 0.5) is 8.78 Å². The van der Waals surface area contributed by atoms with E-state index < -0.39 is 24.2 Å². The SMILES string of the molecule is O=C(NC(c1ccccc1)c1ccc(C2CC2)c(F)c1)C1CC(F)CN1C(=O)Cc1n[nH]c2ccccc12. The Morgan fingerprint density at radius 3 is 2.55 bits per heavy atom. The second kappa shape index (κ2) is 10.0. The van der Waals surface area contributed by atoms with Crippen molar-refractivity contribution < 1.29 is 18.4 Å². The molecule has 2 N–H and O–H groups in total. The Labute approximate surface area is 219 Å². The van der Waals surface area contributed by atoms with E-state index >= 15 is 0 Å². The van der Waals surface area contributed by atoms with E-state index in [1.807, 2.05) is 60.7 Å². The number of likely N-dealkylation sites (tertiary alicyclic amines) is 1. The van der Waals surface area contributed by atoms with Crippen molar-refractivity contribution >= 4 is 22.7 Å². The van der Waals surface area contributed by atoms with Crippen molar-refractivity contribution in [3.8, 4) is 0 Å². The van der Waals surface area contributed by atoms with Gasteiger partial charge in [-0.3, -0.25) is 14.7 Å². The molecule has 2 fully saturated rings. The van der Waals surface area contributed by atoms with Crippen LogP contribution >= 0.6 is 0 Å². The van der Waals surface area contributed by atoms with Crippen LogP contribution in [0.15, 0.2) is 72.8 Å². The van der Waals surface area contributed by atoms with Crippen molar-refractivity contribution in [3.05, 3.63) is 101 Å². The standard InChI is InChI=1S/C30H28F2N4O2/c31-21-15-27(36(17-21)28(37)16-26-23-8-4-5-9-25(23)34-35-26)30(38)33-29(19-6-2-1-3-7-19)20-12-13-22(18-10-11-18)24(32)14-20/h1-9,12-14,18,21,27,29H,10-11,15-17H2,(H,33,38)(H,34,35). The first-order valence-electron chi connectivity index (χ1n) is 13.0. The summed E-state index contributed by atoms with van der Waals surface area (Å²) in [4.78, 5) is 28.1. The number of nitrogens with zero attached hydrogens (tertiary/aromatic N) is 2. The van der Waals surface area contributed by atoms with Gasteiger partial charge < -0.3 is 10.2 Å². The number of carbonyl (C=O) groups is 2. The van der Waals surface area contributed by atoms with Crippen LogP contribution in [-0.2, 0) is 16.0 Å². The fraction of sp³-hybridized carbons (Fsp3) is 0.300. The van der Waals surface area contributed by atoms with E-state index in [0.29, 0.717) is 16.8 Å². The smallest absolute Gasteiger partial charge is 0.243 e. The first-order chi connectivity index (χ1) is 18.5. The predicted molar refractivity (Wildman–Crippen MR) is 140 cm³/mol. The summed E-state index contributed by atoms with van der Waals surface area (Å²) in [6.07, 6.45) is 0.528. The Morgan fingerprint density at radius 1 is 1.03 bits per heavy atom. The molecular weight excluding hydrogens is 486 g/mol. The molecule has 1 aliphatic heterocycles. The van der Waals surface area contributed by atoms with Gasteiger partial charge in [-0.1, -0.05) is 60.7 Å². The minimum absolute atomic E-state index is 0.0452. The lowest BCUT2D eigenvalue weighted by atomic mass is 9.96. The number of carbonyl (C=O) groups excluding carboxylic acids is 2. The number of hydrogen-bond acceptors (Lipinski definition) is 3. The van der Waals surface area contributed by atoms with Gasteiger partial charge in [0.15, 0.2) is 0 Å². The molecule has 2 heterocycles. The summed E-state index contributed by atoms with van der Waals surface area (Å²) in [5, 5.41) is 11.0. The molecule has 1 aliphatic carbocycles. The van der Waals surface area contributed by atoms with E-state index in [4.69, 9.17) is 0 Å². The minimum atomic E-state index is -1.31. The third-order valence-electron chi connectivity index (χ3n) is 7.54. The molecule has 2 amide bonds. The van der Waals surface area contributed by atoms with Gasteiger partial charge in [0.2, 0.25) is 11.8 Å². The number of nitrogens with one attached hydrogen (secondary N) is 2. The van der Waals surface area contributed by atoms with Gasteiger partial charge in [-0.05, 0) is 47.6 Å². The van der Waals surface area contributed by atoms with Gasteiger partial charge in [0.05, 0.1) is 30.2 Å². The van der Waals surface area contributed by atoms with Gasteiger partial charge in [-0.2, -0.15) is 5.10 Å². The number of amides is 2. The first-order valence-corrected chi connectivity index (χ1v) is 13.0. The van der Waals surface area contributed by atoms with Gasteiger partial charge in [0, 0.05) is 11.8 Å². The number of aromatic amines is 1. The average molecular weight is 515 g/mol. The average Bonchev–Trinajstić information content (AvgIpc) is 3.58. The summed E-state index contributed by atoms with van der Waals surface area (Å²) in [6.45, 7) is -0.153. The summed E-state index contributed by atoms with van der Waals surface area (Å²) in [5.41, 5.74) is 3.43. The maximum absolute atomic E-state index is 14.9. The number of benzene rings is 3. The van der Waals surface area contributed by atoms with E-state index in [1.54, 1.807) is 6.07 Å². The molecule has 8 heteroatoms. The summed E-state index contributed by atoms with van der Waals surface area (Å²) in [7, 11) is 0. The molecule has 1 saturated heterocycles.